The highest BCUT2D eigenvalue weighted by Crippen LogP contribution is 2.37. The zero-order chi connectivity index (χ0) is 21.3. The lowest BCUT2D eigenvalue weighted by molar-refractivity contribution is 0.122. The Morgan fingerprint density at radius 2 is 1.80 bits per heavy atom. The van der Waals surface area contributed by atoms with E-state index in [9.17, 15) is 5.11 Å². The summed E-state index contributed by atoms with van der Waals surface area (Å²) >= 11 is 6.28. The number of aryl methyl sites for hydroxylation is 2. The summed E-state index contributed by atoms with van der Waals surface area (Å²) < 4.78 is 0. The number of anilines is 3. The van der Waals surface area contributed by atoms with Gasteiger partial charge in [-0.25, -0.2) is 4.98 Å². The van der Waals surface area contributed by atoms with Gasteiger partial charge in [-0.1, -0.05) is 17.7 Å². The van der Waals surface area contributed by atoms with E-state index in [0.29, 0.717) is 29.3 Å². The molecule has 7 heteroatoms. The zero-order valence-corrected chi connectivity index (χ0v) is 18.4. The number of aliphatic imine (C=N–C) groups is 1. The van der Waals surface area contributed by atoms with Gasteiger partial charge in [-0.15, -0.1) is 0 Å². The second kappa shape index (κ2) is 8.74. The molecule has 3 N–H and O–H groups in total. The molecule has 1 aliphatic carbocycles. The van der Waals surface area contributed by atoms with Crippen LogP contribution in [0.3, 0.4) is 0 Å². The van der Waals surface area contributed by atoms with Crippen molar-refractivity contribution in [2.45, 2.75) is 58.5 Å². The maximum Gasteiger partial charge on any atom is 0.229 e. The number of hydrogen-bond donors (Lipinski definition) is 3. The smallest absolute Gasteiger partial charge is 0.229 e. The van der Waals surface area contributed by atoms with Crippen LogP contribution < -0.4 is 10.6 Å². The van der Waals surface area contributed by atoms with Crippen molar-refractivity contribution in [3.63, 3.8) is 0 Å². The van der Waals surface area contributed by atoms with E-state index in [1.165, 1.54) is 16.7 Å². The third-order valence-electron chi connectivity index (χ3n) is 5.87. The minimum atomic E-state index is -0.136. The monoisotopic (exact) mass is 425 g/mol. The first kappa shape index (κ1) is 20.8. The number of nitrogens with one attached hydrogen (secondary N) is 2. The molecule has 158 valence electrons. The molecule has 30 heavy (non-hydrogen) atoms. The van der Waals surface area contributed by atoms with Gasteiger partial charge in [-0.3, -0.25) is 4.99 Å². The standard InChI is InChI=1S/C23H28ClN5O/c1-13-8-21(25-11-13)28-22-19(24)12-26-23(29-22)27-20-10-14(2)18(9-15(20)3)16-4-6-17(30)7-5-16/h8-10,12,16-17,30H,4-7,11H2,1-3H3,(H2,25,26,27,28,29). The van der Waals surface area contributed by atoms with Gasteiger partial charge in [0.2, 0.25) is 5.95 Å². The molecule has 4 rings (SSSR count). The summed E-state index contributed by atoms with van der Waals surface area (Å²) in [5.41, 5.74) is 5.95. The number of hydrogen-bond acceptors (Lipinski definition) is 6. The summed E-state index contributed by atoms with van der Waals surface area (Å²) in [7, 11) is 0. The van der Waals surface area contributed by atoms with Crippen molar-refractivity contribution in [2.75, 3.05) is 17.2 Å². The number of rotatable bonds is 4. The number of halogens is 1. The Morgan fingerprint density at radius 1 is 1.03 bits per heavy atom. The van der Waals surface area contributed by atoms with Crippen molar-refractivity contribution in [1.82, 2.24) is 9.97 Å². The molecule has 0 unspecified atom stereocenters. The van der Waals surface area contributed by atoms with Crippen LogP contribution >= 0.6 is 11.6 Å². The first-order chi connectivity index (χ1) is 14.4. The van der Waals surface area contributed by atoms with Crippen molar-refractivity contribution >= 4 is 34.9 Å². The molecular formula is C23H28ClN5O. The molecule has 2 aromatic rings. The molecule has 0 bridgehead atoms. The summed E-state index contributed by atoms with van der Waals surface area (Å²) in [6, 6.07) is 4.42. The van der Waals surface area contributed by atoms with Crippen molar-refractivity contribution in [2.24, 2.45) is 4.99 Å². The number of aliphatic hydroxyl groups is 1. The molecule has 1 aliphatic heterocycles. The molecule has 0 radical (unpaired) electrons. The summed E-state index contributed by atoms with van der Waals surface area (Å²) in [5, 5.41) is 16.8. The van der Waals surface area contributed by atoms with E-state index in [1.54, 1.807) is 6.20 Å². The van der Waals surface area contributed by atoms with E-state index in [4.69, 9.17) is 11.6 Å². The first-order valence-electron chi connectivity index (χ1n) is 10.5. The molecule has 0 atom stereocenters. The maximum atomic E-state index is 9.80. The van der Waals surface area contributed by atoms with E-state index in [2.05, 4.69) is 51.6 Å². The van der Waals surface area contributed by atoms with E-state index in [1.807, 2.05) is 13.0 Å². The van der Waals surface area contributed by atoms with E-state index >= 15 is 0 Å². The SMILES string of the molecule is CC1=CC(Nc2nc(Nc3cc(C)c(C4CCC(O)CC4)cc3C)ncc2Cl)=NC1. The molecule has 2 aliphatic rings. The average Bonchev–Trinajstić information content (AvgIpc) is 3.12. The van der Waals surface area contributed by atoms with Crippen LogP contribution in [-0.4, -0.2) is 33.6 Å². The maximum absolute atomic E-state index is 9.80. The molecule has 0 saturated heterocycles. The van der Waals surface area contributed by atoms with Gasteiger partial charge in [0.15, 0.2) is 5.82 Å². The lowest BCUT2D eigenvalue weighted by Gasteiger charge is -2.27. The highest BCUT2D eigenvalue weighted by molar-refractivity contribution is 6.33. The molecule has 2 heterocycles. The Labute approximate surface area is 182 Å². The van der Waals surface area contributed by atoms with Gasteiger partial charge in [0, 0.05) is 5.69 Å². The Morgan fingerprint density at radius 3 is 2.50 bits per heavy atom. The topological polar surface area (TPSA) is 82.4 Å². The first-order valence-corrected chi connectivity index (χ1v) is 10.8. The molecule has 1 aromatic heterocycles. The summed E-state index contributed by atoms with van der Waals surface area (Å²) in [4.78, 5) is 13.3. The second-order valence-electron chi connectivity index (χ2n) is 8.36. The number of benzene rings is 1. The average molecular weight is 426 g/mol. The highest BCUT2D eigenvalue weighted by Gasteiger charge is 2.22. The minimum absolute atomic E-state index is 0.136. The molecule has 1 saturated carbocycles. The minimum Gasteiger partial charge on any atom is -0.393 e. The van der Waals surface area contributed by atoms with Crippen LogP contribution in [0.25, 0.3) is 0 Å². The fourth-order valence-electron chi connectivity index (χ4n) is 4.17. The van der Waals surface area contributed by atoms with E-state index < -0.39 is 0 Å². The summed E-state index contributed by atoms with van der Waals surface area (Å²) in [6.07, 6.45) is 7.30. The number of nitrogens with zero attached hydrogens (tertiary/aromatic N) is 3. The Balaban J connectivity index is 1.53. The number of aliphatic hydroxyl groups excluding tert-OH is 1. The normalized spacial score (nSPS) is 21.2. The van der Waals surface area contributed by atoms with Crippen LogP contribution in [-0.2, 0) is 0 Å². The predicted octanol–water partition coefficient (Wildman–Crippen LogP) is 5.28. The lowest BCUT2D eigenvalue weighted by atomic mass is 9.80. The van der Waals surface area contributed by atoms with Gasteiger partial charge < -0.3 is 15.7 Å². The largest absolute Gasteiger partial charge is 0.393 e. The molecular weight excluding hydrogens is 398 g/mol. The van der Waals surface area contributed by atoms with E-state index in [0.717, 1.165) is 42.8 Å². The molecule has 6 nitrogen and oxygen atoms in total. The van der Waals surface area contributed by atoms with Crippen molar-refractivity contribution in [1.29, 1.82) is 0 Å². The van der Waals surface area contributed by atoms with Crippen LogP contribution in [0.1, 0.15) is 55.2 Å². The van der Waals surface area contributed by atoms with Gasteiger partial charge >= 0.3 is 0 Å². The fourth-order valence-corrected chi connectivity index (χ4v) is 4.31. The third-order valence-corrected chi connectivity index (χ3v) is 6.15. The molecule has 0 spiro atoms. The summed E-state index contributed by atoms with van der Waals surface area (Å²) in [5.74, 6) is 2.29. The number of amidine groups is 1. The third kappa shape index (κ3) is 4.65. The Hall–Kier alpha value is -2.44. The zero-order valence-electron chi connectivity index (χ0n) is 17.7. The Bertz CT molecular complexity index is 1010. The molecule has 1 fully saturated rings. The van der Waals surface area contributed by atoms with Gasteiger partial charge in [-0.05, 0) is 86.8 Å². The summed E-state index contributed by atoms with van der Waals surface area (Å²) in [6.45, 7) is 6.98. The van der Waals surface area contributed by atoms with Gasteiger partial charge in [-0.2, -0.15) is 4.98 Å². The molecule has 1 aromatic carbocycles. The van der Waals surface area contributed by atoms with Crippen molar-refractivity contribution < 1.29 is 5.11 Å². The van der Waals surface area contributed by atoms with Crippen LogP contribution in [0.15, 0.2) is 35.0 Å². The molecule has 0 amide bonds. The van der Waals surface area contributed by atoms with Gasteiger partial charge in [0.1, 0.15) is 10.9 Å². The second-order valence-corrected chi connectivity index (χ2v) is 8.77. The van der Waals surface area contributed by atoms with E-state index in [-0.39, 0.29) is 6.10 Å². The van der Waals surface area contributed by atoms with Gasteiger partial charge in [0.05, 0.1) is 18.8 Å². The highest BCUT2D eigenvalue weighted by atomic mass is 35.5. The Kier molecular flexibility index (Phi) is 6.06. The van der Waals surface area contributed by atoms with Crippen LogP contribution in [0.4, 0.5) is 17.5 Å². The van der Waals surface area contributed by atoms with Gasteiger partial charge in [0.25, 0.3) is 0 Å². The van der Waals surface area contributed by atoms with Crippen molar-refractivity contribution in [3.8, 4) is 0 Å². The number of aromatic nitrogens is 2. The van der Waals surface area contributed by atoms with Crippen molar-refractivity contribution in [3.05, 3.63) is 51.7 Å². The predicted molar refractivity (Wildman–Crippen MR) is 123 cm³/mol. The van der Waals surface area contributed by atoms with Crippen LogP contribution in [0, 0.1) is 13.8 Å². The lowest BCUT2D eigenvalue weighted by Crippen LogP contribution is -2.17. The fraction of sp³-hybridized carbons (Fsp3) is 0.435. The van der Waals surface area contributed by atoms with Crippen LogP contribution in [0.2, 0.25) is 5.02 Å². The van der Waals surface area contributed by atoms with Crippen LogP contribution in [0.5, 0.6) is 0 Å². The quantitative estimate of drug-likeness (QED) is 0.620.